The van der Waals surface area contributed by atoms with E-state index in [1.807, 2.05) is 18.7 Å². The van der Waals surface area contributed by atoms with E-state index in [2.05, 4.69) is 12.2 Å². The van der Waals surface area contributed by atoms with Crippen molar-refractivity contribution >= 4 is 17.7 Å². The van der Waals surface area contributed by atoms with Crippen LogP contribution in [0.5, 0.6) is 0 Å². The summed E-state index contributed by atoms with van der Waals surface area (Å²) in [5.74, 6) is 1.44. The first-order chi connectivity index (χ1) is 6.07. The fourth-order valence-corrected chi connectivity index (χ4v) is 1.79. The predicted octanol–water partition coefficient (Wildman–Crippen LogP) is 1.58. The molecule has 2 atom stereocenters. The van der Waals surface area contributed by atoms with E-state index in [4.69, 9.17) is 5.11 Å². The SMILES string of the molecule is CCSCCC(C)NC(C)C(=O)O. The quantitative estimate of drug-likeness (QED) is 0.620. The van der Waals surface area contributed by atoms with Crippen LogP contribution in [0, 0.1) is 0 Å². The van der Waals surface area contributed by atoms with Gasteiger partial charge in [-0.2, -0.15) is 11.8 Å². The van der Waals surface area contributed by atoms with Gasteiger partial charge in [0.1, 0.15) is 6.04 Å². The van der Waals surface area contributed by atoms with Crippen LogP contribution in [0.4, 0.5) is 0 Å². The number of carboxylic acid groups (broad SMARTS) is 1. The zero-order chi connectivity index (χ0) is 10.3. The van der Waals surface area contributed by atoms with Gasteiger partial charge in [-0.1, -0.05) is 6.92 Å². The Bertz CT molecular complexity index is 153. The molecule has 0 aromatic heterocycles. The van der Waals surface area contributed by atoms with Crippen LogP contribution in [0.3, 0.4) is 0 Å². The van der Waals surface area contributed by atoms with Gasteiger partial charge in [0, 0.05) is 6.04 Å². The van der Waals surface area contributed by atoms with Gasteiger partial charge in [-0.05, 0) is 31.8 Å². The molecule has 78 valence electrons. The molecule has 0 aromatic carbocycles. The van der Waals surface area contributed by atoms with Crippen molar-refractivity contribution in [2.45, 2.75) is 39.3 Å². The van der Waals surface area contributed by atoms with E-state index in [9.17, 15) is 4.79 Å². The molecule has 13 heavy (non-hydrogen) atoms. The molecule has 3 nitrogen and oxygen atoms in total. The summed E-state index contributed by atoms with van der Waals surface area (Å²) in [5, 5.41) is 11.7. The maximum Gasteiger partial charge on any atom is 0.320 e. The fourth-order valence-electron chi connectivity index (χ4n) is 0.986. The topological polar surface area (TPSA) is 49.3 Å². The smallest absolute Gasteiger partial charge is 0.320 e. The molecule has 0 aliphatic rings. The molecule has 0 heterocycles. The first kappa shape index (κ1) is 12.8. The Hall–Kier alpha value is -0.220. The Balaban J connectivity index is 3.49. The van der Waals surface area contributed by atoms with E-state index in [1.54, 1.807) is 6.92 Å². The van der Waals surface area contributed by atoms with Crippen LogP contribution in [-0.2, 0) is 4.79 Å². The van der Waals surface area contributed by atoms with Gasteiger partial charge < -0.3 is 10.4 Å². The Morgan fingerprint density at radius 3 is 2.62 bits per heavy atom. The number of hydrogen-bond acceptors (Lipinski definition) is 3. The molecule has 0 spiro atoms. The minimum Gasteiger partial charge on any atom is -0.480 e. The number of thioether (sulfide) groups is 1. The maximum absolute atomic E-state index is 10.5. The van der Waals surface area contributed by atoms with E-state index < -0.39 is 12.0 Å². The fraction of sp³-hybridized carbons (Fsp3) is 0.889. The van der Waals surface area contributed by atoms with Gasteiger partial charge in [0.05, 0.1) is 0 Å². The highest BCUT2D eigenvalue weighted by atomic mass is 32.2. The lowest BCUT2D eigenvalue weighted by Gasteiger charge is -2.16. The molecule has 4 heteroatoms. The van der Waals surface area contributed by atoms with Crippen LogP contribution in [0.2, 0.25) is 0 Å². The second-order valence-electron chi connectivity index (χ2n) is 3.11. The molecule has 0 bridgehead atoms. The lowest BCUT2D eigenvalue weighted by atomic mass is 10.2. The summed E-state index contributed by atoms with van der Waals surface area (Å²) in [5.41, 5.74) is 0. The summed E-state index contributed by atoms with van der Waals surface area (Å²) in [6.45, 7) is 5.82. The van der Waals surface area contributed by atoms with Crippen molar-refractivity contribution in [3.8, 4) is 0 Å². The van der Waals surface area contributed by atoms with Gasteiger partial charge in [0.15, 0.2) is 0 Å². The van der Waals surface area contributed by atoms with Gasteiger partial charge in [-0.15, -0.1) is 0 Å². The number of carboxylic acids is 1. The van der Waals surface area contributed by atoms with Crippen LogP contribution < -0.4 is 5.32 Å². The van der Waals surface area contributed by atoms with Crippen LogP contribution in [0.15, 0.2) is 0 Å². The maximum atomic E-state index is 10.5. The van der Waals surface area contributed by atoms with Gasteiger partial charge in [0.2, 0.25) is 0 Å². The Labute approximate surface area is 84.3 Å². The number of carbonyl (C=O) groups is 1. The van der Waals surface area contributed by atoms with Crippen LogP contribution in [0.1, 0.15) is 27.2 Å². The largest absolute Gasteiger partial charge is 0.480 e. The molecule has 0 saturated heterocycles. The van der Waals surface area contributed by atoms with E-state index in [0.717, 1.165) is 17.9 Å². The lowest BCUT2D eigenvalue weighted by Crippen LogP contribution is -2.40. The summed E-state index contributed by atoms with van der Waals surface area (Å²) in [6.07, 6.45) is 1.02. The Morgan fingerprint density at radius 2 is 2.15 bits per heavy atom. The molecule has 0 fully saturated rings. The van der Waals surface area contributed by atoms with Crippen LogP contribution >= 0.6 is 11.8 Å². The first-order valence-corrected chi connectivity index (χ1v) is 5.80. The summed E-state index contributed by atoms with van der Waals surface area (Å²) in [4.78, 5) is 10.5. The van der Waals surface area contributed by atoms with Crippen molar-refractivity contribution in [3.63, 3.8) is 0 Å². The molecule has 2 N–H and O–H groups in total. The third-order valence-electron chi connectivity index (χ3n) is 1.80. The van der Waals surface area contributed by atoms with Crippen LogP contribution in [-0.4, -0.2) is 34.7 Å². The molecule has 0 saturated carbocycles. The van der Waals surface area contributed by atoms with E-state index >= 15 is 0 Å². The van der Waals surface area contributed by atoms with Gasteiger partial charge in [-0.3, -0.25) is 4.79 Å². The average Bonchev–Trinajstić information content (AvgIpc) is 2.04. The van der Waals surface area contributed by atoms with E-state index in [1.165, 1.54) is 0 Å². The summed E-state index contributed by atoms with van der Waals surface area (Å²) in [6, 6.07) is -0.160. The second kappa shape index (κ2) is 7.21. The second-order valence-corrected chi connectivity index (χ2v) is 4.51. The highest BCUT2D eigenvalue weighted by molar-refractivity contribution is 7.99. The zero-order valence-electron chi connectivity index (χ0n) is 8.54. The molecular formula is C9H19NO2S. The molecule has 0 radical (unpaired) electrons. The van der Waals surface area contributed by atoms with Crippen molar-refractivity contribution in [2.75, 3.05) is 11.5 Å². The van der Waals surface area contributed by atoms with Crippen molar-refractivity contribution in [3.05, 3.63) is 0 Å². The normalized spacial score (nSPS) is 15.3. The molecule has 0 aliphatic heterocycles. The number of nitrogens with one attached hydrogen (secondary N) is 1. The minimum atomic E-state index is -0.782. The highest BCUT2D eigenvalue weighted by Gasteiger charge is 2.12. The van der Waals surface area contributed by atoms with Crippen molar-refractivity contribution < 1.29 is 9.90 Å². The number of aliphatic carboxylic acids is 1. The molecule has 0 amide bonds. The third kappa shape index (κ3) is 6.90. The molecule has 0 aliphatic carbocycles. The summed E-state index contributed by atoms with van der Waals surface area (Å²) < 4.78 is 0. The van der Waals surface area contributed by atoms with Crippen LogP contribution in [0.25, 0.3) is 0 Å². The van der Waals surface area contributed by atoms with E-state index in [-0.39, 0.29) is 6.04 Å². The van der Waals surface area contributed by atoms with Gasteiger partial charge in [-0.25, -0.2) is 0 Å². The Morgan fingerprint density at radius 1 is 1.54 bits per heavy atom. The molecule has 0 aromatic rings. The number of rotatable bonds is 7. The lowest BCUT2D eigenvalue weighted by molar-refractivity contribution is -0.139. The van der Waals surface area contributed by atoms with Gasteiger partial charge in [0.25, 0.3) is 0 Å². The highest BCUT2D eigenvalue weighted by Crippen LogP contribution is 2.04. The van der Waals surface area contributed by atoms with Crippen molar-refractivity contribution in [2.24, 2.45) is 0 Å². The monoisotopic (exact) mass is 205 g/mol. The minimum absolute atomic E-state index is 0.283. The standard InChI is InChI=1S/C9H19NO2S/c1-4-13-6-5-7(2)10-8(3)9(11)12/h7-8,10H,4-6H2,1-3H3,(H,11,12). The molecule has 0 rings (SSSR count). The van der Waals surface area contributed by atoms with E-state index in [0.29, 0.717) is 0 Å². The van der Waals surface area contributed by atoms with Gasteiger partial charge >= 0.3 is 5.97 Å². The summed E-state index contributed by atoms with van der Waals surface area (Å²) >= 11 is 1.88. The van der Waals surface area contributed by atoms with Crippen molar-refractivity contribution in [1.29, 1.82) is 0 Å². The predicted molar refractivity (Wildman–Crippen MR) is 57.3 cm³/mol. The van der Waals surface area contributed by atoms with Crippen molar-refractivity contribution in [1.82, 2.24) is 5.32 Å². The first-order valence-electron chi connectivity index (χ1n) is 4.64. The number of hydrogen-bond donors (Lipinski definition) is 2. The average molecular weight is 205 g/mol. The zero-order valence-corrected chi connectivity index (χ0v) is 9.36. The molecule has 2 unspecified atom stereocenters. The summed E-state index contributed by atoms with van der Waals surface area (Å²) in [7, 11) is 0. The Kier molecular flexibility index (Phi) is 7.09. The third-order valence-corrected chi connectivity index (χ3v) is 2.74. The molecular weight excluding hydrogens is 186 g/mol.